The minimum absolute atomic E-state index is 0.185. The highest BCUT2D eigenvalue weighted by Crippen LogP contribution is 2.32. The zero-order chi connectivity index (χ0) is 26.9. The molecule has 196 valence electrons. The number of pyridine rings is 1. The number of nitrogens with zero attached hydrogens (tertiary/aromatic N) is 5. The van der Waals surface area contributed by atoms with Gasteiger partial charge in [0, 0.05) is 17.6 Å². The van der Waals surface area contributed by atoms with Crippen LogP contribution in [-0.2, 0) is 18.6 Å². The van der Waals surface area contributed by atoms with Crippen molar-refractivity contribution in [3.8, 4) is 5.75 Å². The van der Waals surface area contributed by atoms with E-state index in [0.717, 1.165) is 33.5 Å². The van der Waals surface area contributed by atoms with Gasteiger partial charge in [-0.2, -0.15) is 0 Å². The third-order valence-corrected chi connectivity index (χ3v) is 6.55. The Morgan fingerprint density at radius 3 is 2.55 bits per heavy atom. The monoisotopic (exact) mass is 512 g/mol. The molecule has 0 fully saturated rings. The first-order chi connectivity index (χ1) is 18.2. The van der Waals surface area contributed by atoms with Gasteiger partial charge in [0.1, 0.15) is 17.6 Å². The molecule has 0 aliphatic heterocycles. The van der Waals surface area contributed by atoms with Crippen molar-refractivity contribution in [1.29, 1.82) is 0 Å². The van der Waals surface area contributed by atoms with Crippen LogP contribution in [0.3, 0.4) is 0 Å². The summed E-state index contributed by atoms with van der Waals surface area (Å²) < 4.78 is 12.9. The molecule has 5 aromatic rings. The molecular weight excluding hydrogens is 480 g/mol. The maximum atomic E-state index is 13.7. The van der Waals surface area contributed by atoms with Crippen LogP contribution in [0.4, 0.5) is 0 Å². The van der Waals surface area contributed by atoms with Gasteiger partial charge >= 0.3 is 0 Å². The van der Waals surface area contributed by atoms with Gasteiger partial charge in [0.15, 0.2) is 5.82 Å². The van der Waals surface area contributed by atoms with Gasteiger partial charge in [-0.05, 0) is 91.0 Å². The number of aromatic nitrogens is 5. The van der Waals surface area contributed by atoms with Crippen molar-refractivity contribution in [2.75, 3.05) is 7.11 Å². The zero-order valence-corrected chi connectivity index (χ0v) is 22.3. The highest BCUT2D eigenvalue weighted by Gasteiger charge is 2.34. The van der Waals surface area contributed by atoms with Crippen molar-refractivity contribution in [1.82, 2.24) is 30.1 Å². The Labute approximate surface area is 221 Å². The van der Waals surface area contributed by atoms with Crippen LogP contribution in [0.5, 0.6) is 5.75 Å². The van der Waals surface area contributed by atoms with Gasteiger partial charge < -0.3 is 14.1 Å². The van der Waals surface area contributed by atoms with Crippen LogP contribution >= 0.6 is 0 Å². The average molecular weight is 513 g/mol. The van der Waals surface area contributed by atoms with Crippen molar-refractivity contribution in [2.24, 2.45) is 0 Å². The van der Waals surface area contributed by atoms with Crippen molar-refractivity contribution in [2.45, 2.75) is 52.4 Å². The summed E-state index contributed by atoms with van der Waals surface area (Å²) in [5.41, 5.74) is 2.88. The van der Waals surface area contributed by atoms with Gasteiger partial charge in [0.25, 0.3) is 5.56 Å². The highest BCUT2D eigenvalue weighted by atomic mass is 16.5. The van der Waals surface area contributed by atoms with E-state index in [2.05, 4.69) is 25.4 Å². The molecule has 3 heterocycles. The molecule has 0 aliphatic carbocycles. The maximum absolute atomic E-state index is 13.7. The molecule has 0 unspecified atom stereocenters. The average Bonchev–Trinajstić information content (AvgIpc) is 3.57. The van der Waals surface area contributed by atoms with E-state index in [9.17, 15) is 4.79 Å². The predicted octanol–water partition coefficient (Wildman–Crippen LogP) is 4.97. The Morgan fingerprint density at radius 1 is 1.08 bits per heavy atom. The lowest BCUT2D eigenvalue weighted by atomic mass is 10.0. The lowest BCUT2D eigenvalue weighted by Gasteiger charge is -2.32. The fraction of sp³-hybridized carbons (Fsp3) is 0.310. The molecule has 3 aromatic heterocycles. The summed E-state index contributed by atoms with van der Waals surface area (Å²) in [7, 11) is 1.65. The number of aryl methyl sites for hydroxylation is 1. The number of furan rings is 1. The lowest BCUT2D eigenvalue weighted by Crippen LogP contribution is -2.37. The van der Waals surface area contributed by atoms with Crippen LogP contribution in [0.15, 0.2) is 76.1 Å². The summed E-state index contributed by atoms with van der Waals surface area (Å²) in [6.45, 7) is 9.07. The van der Waals surface area contributed by atoms with E-state index in [1.165, 1.54) is 0 Å². The Kier molecular flexibility index (Phi) is 6.86. The number of tetrazole rings is 1. The molecule has 0 spiro atoms. The van der Waals surface area contributed by atoms with Gasteiger partial charge in [-0.3, -0.25) is 9.69 Å². The summed E-state index contributed by atoms with van der Waals surface area (Å²) in [6.07, 6.45) is 1.65. The number of fused-ring (bicyclic) bond motifs is 1. The van der Waals surface area contributed by atoms with E-state index >= 15 is 0 Å². The van der Waals surface area contributed by atoms with Crippen molar-refractivity contribution in [3.63, 3.8) is 0 Å². The summed E-state index contributed by atoms with van der Waals surface area (Å²) in [4.78, 5) is 18.9. The number of hydrogen-bond acceptors (Lipinski definition) is 7. The second-order valence-electron chi connectivity index (χ2n) is 10.5. The number of H-pyrrole nitrogens is 1. The van der Waals surface area contributed by atoms with Crippen molar-refractivity contribution < 1.29 is 9.15 Å². The molecular formula is C29H32N6O3. The minimum Gasteiger partial charge on any atom is -0.497 e. The zero-order valence-electron chi connectivity index (χ0n) is 22.3. The van der Waals surface area contributed by atoms with E-state index in [-0.39, 0.29) is 5.56 Å². The molecule has 0 saturated heterocycles. The SMILES string of the molecule is COc1ccc(CN(Cc2ccco2)[C@@H](c2cc3ccc(C)cc3[nH]c2=O)c2nnnn2C(C)(C)C)cc1. The van der Waals surface area contributed by atoms with E-state index in [0.29, 0.717) is 24.5 Å². The molecule has 5 rings (SSSR count). The Bertz CT molecular complexity index is 1580. The number of nitrogens with one attached hydrogen (secondary N) is 1. The standard InChI is InChI=1S/C29H32N6O3/c1-19-8-11-21-16-24(28(36)30-25(21)15-19)26(27-31-32-33-35(27)29(2,3)4)34(18-23-7-6-14-38-23)17-20-9-12-22(37-5)13-10-20/h6-16,26H,17-18H2,1-5H3,(H,30,36)/t26-/m0/s1. The van der Waals surface area contributed by atoms with E-state index in [1.807, 2.05) is 88.4 Å². The first-order valence-corrected chi connectivity index (χ1v) is 12.5. The maximum Gasteiger partial charge on any atom is 0.253 e. The number of rotatable bonds is 8. The third kappa shape index (κ3) is 5.24. The molecule has 2 aromatic carbocycles. The van der Waals surface area contributed by atoms with Gasteiger partial charge in [-0.25, -0.2) is 4.68 Å². The topological polar surface area (TPSA) is 102 Å². The molecule has 1 N–H and O–H groups in total. The number of hydrogen-bond donors (Lipinski definition) is 1. The molecule has 0 amide bonds. The van der Waals surface area contributed by atoms with Crippen LogP contribution in [0.2, 0.25) is 0 Å². The second-order valence-corrected chi connectivity index (χ2v) is 10.5. The third-order valence-electron chi connectivity index (χ3n) is 6.55. The van der Waals surface area contributed by atoms with E-state index in [1.54, 1.807) is 18.1 Å². The van der Waals surface area contributed by atoms with Gasteiger partial charge in [-0.15, -0.1) is 5.10 Å². The van der Waals surface area contributed by atoms with Crippen LogP contribution < -0.4 is 10.3 Å². The molecule has 0 saturated carbocycles. The van der Waals surface area contributed by atoms with Crippen molar-refractivity contribution >= 4 is 10.9 Å². The highest BCUT2D eigenvalue weighted by molar-refractivity contribution is 5.79. The first kappa shape index (κ1) is 25.4. The molecule has 9 nitrogen and oxygen atoms in total. The summed E-state index contributed by atoms with van der Waals surface area (Å²) >= 11 is 0. The van der Waals surface area contributed by atoms with Gasteiger partial charge in [0.05, 0.1) is 25.5 Å². The van der Waals surface area contributed by atoms with Crippen LogP contribution in [0.1, 0.15) is 55.1 Å². The fourth-order valence-corrected chi connectivity index (χ4v) is 4.68. The number of benzene rings is 2. The normalized spacial score (nSPS) is 12.8. The van der Waals surface area contributed by atoms with Gasteiger partial charge in [-0.1, -0.05) is 24.3 Å². The Balaban J connectivity index is 1.70. The first-order valence-electron chi connectivity index (χ1n) is 12.5. The van der Waals surface area contributed by atoms with Crippen LogP contribution in [-0.4, -0.2) is 37.2 Å². The molecule has 9 heteroatoms. The van der Waals surface area contributed by atoms with E-state index in [4.69, 9.17) is 9.15 Å². The molecule has 1 atom stereocenters. The van der Waals surface area contributed by atoms with E-state index < -0.39 is 11.6 Å². The number of ether oxygens (including phenoxy) is 1. The number of aromatic amines is 1. The second kappa shape index (κ2) is 10.3. The largest absolute Gasteiger partial charge is 0.497 e. The predicted molar refractivity (Wildman–Crippen MR) is 145 cm³/mol. The Morgan fingerprint density at radius 2 is 1.87 bits per heavy atom. The van der Waals surface area contributed by atoms with Crippen LogP contribution in [0.25, 0.3) is 10.9 Å². The molecule has 0 radical (unpaired) electrons. The molecule has 0 bridgehead atoms. The smallest absolute Gasteiger partial charge is 0.253 e. The summed E-state index contributed by atoms with van der Waals surface area (Å²) in [6, 6.07) is 19.1. The summed E-state index contributed by atoms with van der Waals surface area (Å²) in [5.74, 6) is 2.13. The van der Waals surface area contributed by atoms with Crippen LogP contribution in [0, 0.1) is 6.92 Å². The lowest BCUT2D eigenvalue weighted by molar-refractivity contribution is 0.171. The molecule has 0 aliphatic rings. The van der Waals surface area contributed by atoms with Crippen molar-refractivity contribution in [3.05, 3.63) is 106 Å². The Hall–Kier alpha value is -4.24. The fourth-order valence-electron chi connectivity index (χ4n) is 4.68. The quantitative estimate of drug-likeness (QED) is 0.313. The van der Waals surface area contributed by atoms with Gasteiger partial charge in [0.2, 0.25) is 0 Å². The summed E-state index contributed by atoms with van der Waals surface area (Å²) in [5, 5.41) is 13.8. The number of methoxy groups -OCH3 is 1. The minimum atomic E-state index is -0.564. The molecule has 38 heavy (non-hydrogen) atoms.